The molecule has 0 aromatic carbocycles. The van der Waals surface area contributed by atoms with Crippen LogP contribution in [0, 0.1) is 5.41 Å². The van der Waals surface area contributed by atoms with Gasteiger partial charge in [0.1, 0.15) is 0 Å². The first-order valence-corrected chi connectivity index (χ1v) is 8.71. The number of rotatable bonds is 5. The summed E-state index contributed by atoms with van der Waals surface area (Å²) in [5.41, 5.74) is 0.531. The molecule has 0 aromatic heterocycles. The van der Waals surface area contributed by atoms with Gasteiger partial charge in [-0.15, -0.1) is 11.8 Å². The summed E-state index contributed by atoms with van der Waals surface area (Å²) in [6, 6.07) is 0. The second-order valence-corrected chi connectivity index (χ2v) is 8.23. The van der Waals surface area contributed by atoms with E-state index in [4.69, 9.17) is 9.47 Å². The van der Waals surface area contributed by atoms with Gasteiger partial charge in [-0.1, -0.05) is 15.9 Å². The first-order valence-electron chi connectivity index (χ1n) is 7.04. The number of hydrogen-bond donors (Lipinski definition) is 0. The molecule has 2 fully saturated rings. The molecule has 2 rings (SSSR count). The maximum Gasteiger partial charge on any atom is 0.0924 e. The lowest BCUT2D eigenvalue weighted by Crippen LogP contribution is -2.40. The Bertz CT molecular complexity index is 436. The summed E-state index contributed by atoms with van der Waals surface area (Å²) in [7, 11) is 1.69. The maximum absolute atomic E-state index is 5.38. The van der Waals surface area contributed by atoms with Crippen molar-refractivity contribution in [1.29, 1.82) is 0 Å². The summed E-state index contributed by atoms with van der Waals surface area (Å²) < 4.78 is 11.6. The Labute approximate surface area is 134 Å². The topological polar surface area (TPSA) is 18.5 Å². The second-order valence-electron chi connectivity index (χ2n) is 5.76. The van der Waals surface area contributed by atoms with Crippen molar-refractivity contribution in [3.05, 3.63) is 33.4 Å². The lowest BCUT2D eigenvalue weighted by Gasteiger charge is -2.38. The summed E-state index contributed by atoms with van der Waals surface area (Å²) in [6.45, 7) is 6.10. The molecule has 1 atom stereocenters. The van der Waals surface area contributed by atoms with Crippen LogP contribution in [0.25, 0.3) is 0 Å². The third-order valence-electron chi connectivity index (χ3n) is 3.97. The highest BCUT2D eigenvalue weighted by atomic mass is 79.9. The number of allylic oxidation sites excluding steroid dienone is 6. The molecule has 20 heavy (non-hydrogen) atoms. The lowest BCUT2D eigenvalue weighted by atomic mass is 9.85. The fraction of sp³-hybridized carbons (Fsp3) is 0.625. The number of halogens is 1. The van der Waals surface area contributed by atoms with Gasteiger partial charge in [-0.2, -0.15) is 0 Å². The van der Waals surface area contributed by atoms with Gasteiger partial charge in [-0.05, 0) is 56.2 Å². The normalized spacial score (nSPS) is 26.8. The van der Waals surface area contributed by atoms with Crippen LogP contribution in [-0.4, -0.2) is 25.6 Å². The summed E-state index contributed by atoms with van der Waals surface area (Å²) in [4.78, 5) is 1.36. The zero-order valence-corrected chi connectivity index (χ0v) is 14.9. The van der Waals surface area contributed by atoms with Gasteiger partial charge < -0.3 is 9.47 Å². The highest BCUT2D eigenvalue weighted by Crippen LogP contribution is 2.49. The molecule has 1 heterocycles. The van der Waals surface area contributed by atoms with Gasteiger partial charge in [0.2, 0.25) is 0 Å². The number of hydrogen-bond acceptors (Lipinski definition) is 3. The van der Waals surface area contributed by atoms with Gasteiger partial charge >= 0.3 is 0 Å². The fourth-order valence-corrected chi connectivity index (χ4v) is 4.73. The van der Waals surface area contributed by atoms with Gasteiger partial charge in [0.15, 0.2) is 0 Å². The predicted molar refractivity (Wildman–Crippen MR) is 90.0 cm³/mol. The van der Waals surface area contributed by atoms with Crippen LogP contribution in [0.4, 0.5) is 0 Å². The highest BCUT2D eigenvalue weighted by molar-refractivity contribution is 9.11. The Morgan fingerprint density at radius 2 is 2.10 bits per heavy atom. The summed E-state index contributed by atoms with van der Waals surface area (Å²) in [6.07, 6.45) is 10.2. The zero-order chi connectivity index (χ0) is 14.6. The van der Waals surface area contributed by atoms with E-state index < -0.39 is 0 Å². The minimum Gasteiger partial charge on any atom is -0.501 e. The third kappa shape index (κ3) is 4.40. The van der Waals surface area contributed by atoms with E-state index in [1.165, 1.54) is 24.2 Å². The molecule has 1 spiro atoms. The first kappa shape index (κ1) is 16.2. The molecule has 1 unspecified atom stereocenters. The molecule has 1 aliphatic carbocycles. The lowest BCUT2D eigenvalue weighted by molar-refractivity contribution is -0.108. The monoisotopic (exact) mass is 358 g/mol. The molecular formula is C16H23BrO2S. The van der Waals surface area contributed by atoms with E-state index in [0.717, 1.165) is 28.7 Å². The van der Waals surface area contributed by atoms with Crippen molar-refractivity contribution in [3.8, 4) is 0 Å². The maximum atomic E-state index is 5.38. The van der Waals surface area contributed by atoms with Gasteiger partial charge in [0.25, 0.3) is 0 Å². The van der Waals surface area contributed by atoms with Gasteiger partial charge in [-0.3, -0.25) is 0 Å². The second kappa shape index (κ2) is 7.19. The van der Waals surface area contributed by atoms with Crippen molar-refractivity contribution >= 4 is 27.7 Å². The Balaban J connectivity index is 1.85. The van der Waals surface area contributed by atoms with E-state index in [2.05, 4.69) is 28.9 Å². The number of methoxy groups -OCH3 is 1. The molecule has 1 saturated carbocycles. The zero-order valence-electron chi connectivity index (χ0n) is 12.4. The summed E-state index contributed by atoms with van der Waals surface area (Å²) in [5.74, 6) is 0.906. The molecule has 112 valence electrons. The van der Waals surface area contributed by atoms with Gasteiger partial charge in [0.05, 0.1) is 26.1 Å². The molecule has 4 heteroatoms. The minimum absolute atomic E-state index is 0.531. The average molecular weight is 359 g/mol. The van der Waals surface area contributed by atoms with Crippen molar-refractivity contribution < 1.29 is 9.47 Å². The van der Waals surface area contributed by atoms with E-state index in [-0.39, 0.29) is 0 Å². The van der Waals surface area contributed by atoms with Crippen LogP contribution in [0.2, 0.25) is 0 Å². The van der Waals surface area contributed by atoms with Crippen LogP contribution in [0.5, 0.6) is 0 Å². The molecule has 0 N–H and O–H groups in total. The van der Waals surface area contributed by atoms with Crippen LogP contribution in [0.3, 0.4) is 0 Å². The van der Waals surface area contributed by atoms with E-state index in [9.17, 15) is 0 Å². The van der Waals surface area contributed by atoms with Crippen molar-refractivity contribution in [3.63, 3.8) is 0 Å². The van der Waals surface area contributed by atoms with Crippen LogP contribution in [0.15, 0.2) is 33.4 Å². The Kier molecular flexibility index (Phi) is 5.82. The van der Waals surface area contributed by atoms with Gasteiger partial charge in [0, 0.05) is 15.1 Å². The van der Waals surface area contributed by atoms with Gasteiger partial charge in [-0.25, -0.2) is 0 Å². The largest absolute Gasteiger partial charge is 0.501 e. The molecular weight excluding hydrogens is 336 g/mol. The molecule has 0 radical (unpaired) electrons. The van der Waals surface area contributed by atoms with E-state index >= 15 is 0 Å². The van der Waals surface area contributed by atoms with E-state index in [1.807, 2.05) is 30.8 Å². The Morgan fingerprint density at radius 1 is 1.35 bits per heavy atom. The van der Waals surface area contributed by atoms with Crippen molar-refractivity contribution in [1.82, 2.24) is 0 Å². The smallest absolute Gasteiger partial charge is 0.0924 e. The molecule has 1 aliphatic heterocycles. The van der Waals surface area contributed by atoms with Crippen molar-refractivity contribution in [2.75, 3.05) is 20.3 Å². The van der Waals surface area contributed by atoms with Crippen LogP contribution >= 0.6 is 27.7 Å². The predicted octanol–water partition coefficient (Wildman–Crippen LogP) is 5.02. The summed E-state index contributed by atoms with van der Waals surface area (Å²) in [5, 5.41) is 0.756. The Hall–Kier alpha value is -0.190. The number of ether oxygens (including phenoxy) is 2. The molecule has 2 aliphatic rings. The van der Waals surface area contributed by atoms with Crippen LogP contribution in [-0.2, 0) is 9.47 Å². The van der Waals surface area contributed by atoms with E-state index in [0.29, 0.717) is 5.41 Å². The fourth-order valence-electron chi connectivity index (χ4n) is 2.71. The van der Waals surface area contributed by atoms with Crippen LogP contribution in [0.1, 0.15) is 33.1 Å². The highest BCUT2D eigenvalue weighted by Gasteiger charge is 2.45. The Morgan fingerprint density at radius 3 is 2.65 bits per heavy atom. The summed E-state index contributed by atoms with van der Waals surface area (Å²) >= 11 is 5.59. The molecule has 0 bridgehead atoms. The minimum atomic E-state index is 0.531. The van der Waals surface area contributed by atoms with E-state index in [1.54, 1.807) is 7.11 Å². The number of thioether (sulfide) groups is 1. The SMILES string of the molecule is CO/C(C)=C/C=C(Br)\C=C(/C)SC1CCC2(COC2)C1. The van der Waals surface area contributed by atoms with Crippen molar-refractivity contribution in [2.24, 2.45) is 5.41 Å². The molecule has 0 amide bonds. The first-order chi connectivity index (χ1) is 9.53. The quantitative estimate of drug-likeness (QED) is 0.507. The molecule has 2 nitrogen and oxygen atoms in total. The molecule has 1 saturated heterocycles. The van der Waals surface area contributed by atoms with Crippen LogP contribution < -0.4 is 0 Å². The standard InChI is InChI=1S/C16H23BrO2S/c1-12(18-3)4-5-14(17)8-13(2)20-15-6-7-16(9-15)10-19-11-16/h4-5,8,15H,6-7,9-11H2,1-3H3/b12-4+,13-8+,14-5+. The average Bonchev–Trinajstić information content (AvgIpc) is 2.79. The van der Waals surface area contributed by atoms with Crippen molar-refractivity contribution in [2.45, 2.75) is 38.4 Å². The molecule has 0 aromatic rings. The third-order valence-corrected chi connectivity index (χ3v) is 5.69.